The second-order valence-corrected chi connectivity index (χ2v) is 10.4. The minimum absolute atomic E-state index is 0.331. The van der Waals surface area contributed by atoms with Crippen molar-refractivity contribution in [2.24, 2.45) is 0 Å². The van der Waals surface area contributed by atoms with E-state index in [1.807, 2.05) is 6.08 Å². The average molecular weight is 238 g/mol. The van der Waals surface area contributed by atoms with Crippen LogP contribution in [0, 0.1) is 0 Å². The van der Waals surface area contributed by atoms with Gasteiger partial charge in [-0.15, -0.1) is 6.58 Å². The van der Waals surface area contributed by atoms with Crippen molar-refractivity contribution in [2.45, 2.75) is 31.7 Å². The molecule has 0 aromatic carbocycles. The molecule has 0 fully saturated rings. The highest BCUT2D eigenvalue weighted by atomic mass is 28.3. The van der Waals surface area contributed by atoms with Crippen LogP contribution in [0.25, 0.3) is 0 Å². The van der Waals surface area contributed by atoms with Gasteiger partial charge in [0.05, 0.1) is 14.7 Å². The molecule has 1 heterocycles. The zero-order chi connectivity index (χ0) is 12.2. The van der Waals surface area contributed by atoms with Gasteiger partial charge in [-0.25, -0.2) is 0 Å². The second-order valence-electron chi connectivity index (χ2n) is 5.34. The first-order valence-corrected chi connectivity index (χ1v) is 9.19. The fourth-order valence-corrected chi connectivity index (χ4v) is 2.78. The van der Waals surface area contributed by atoms with Gasteiger partial charge >= 0.3 is 0 Å². The van der Waals surface area contributed by atoms with Crippen molar-refractivity contribution in [3.05, 3.63) is 36.3 Å². The van der Waals surface area contributed by atoms with Gasteiger partial charge in [0.1, 0.15) is 5.76 Å². The third-order valence-corrected chi connectivity index (χ3v) is 3.48. The van der Waals surface area contributed by atoms with Crippen molar-refractivity contribution in [3.63, 3.8) is 0 Å². The van der Waals surface area contributed by atoms with Crippen LogP contribution in [0.1, 0.15) is 6.42 Å². The van der Waals surface area contributed by atoms with Crippen molar-refractivity contribution >= 4 is 8.07 Å². The normalized spacial score (nSPS) is 27.1. The standard InChI is InChI=1S/C13H22O2Si/c1-6-8-13(11-14-2)9-7-12(15-13)10-16(3,4)5/h6-7,9-10H,1,8,11H2,2-5H3/b12-10+. The Morgan fingerprint density at radius 3 is 2.69 bits per heavy atom. The molecule has 16 heavy (non-hydrogen) atoms. The molecule has 0 bridgehead atoms. The van der Waals surface area contributed by atoms with Crippen molar-refractivity contribution < 1.29 is 9.47 Å². The Bertz CT molecular complexity index is 312. The van der Waals surface area contributed by atoms with E-state index in [0.717, 1.165) is 12.2 Å². The minimum Gasteiger partial charge on any atom is -0.481 e. The molecule has 1 aliphatic rings. The summed E-state index contributed by atoms with van der Waals surface area (Å²) >= 11 is 0. The molecule has 3 heteroatoms. The fraction of sp³-hybridized carbons (Fsp3) is 0.538. The second kappa shape index (κ2) is 5.02. The van der Waals surface area contributed by atoms with Gasteiger partial charge in [-0.05, 0) is 12.2 Å². The largest absolute Gasteiger partial charge is 0.481 e. The topological polar surface area (TPSA) is 18.5 Å². The molecular weight excluding hydrogens is 216 g/mol. The van der Waals surface area contributed by atoms with Crippen LogP contribution in [0.3, 0.4) is 0 Å². The van der Waals surface area contributed by atoms with Crippen LogP contribution < -0.4 is 0 Å². The number of hydrogen-bond donors (Lipinski definition) is 0. The molecule has 1 atom stereocenters. The van der Waals surface area contributed by atoms with Crippen LogP contribution in [0.5, 0.6) is 0 Å². The highest BCUT2D eigenvalue weighted by molar-refractivity contribution is 6.81. The van der Waals surface area contributed by atoms with Crippen molar-refractivity contribution in [1.29, 1.82) is 0 Å². The molecule has 0 aromatic rings. The van der Waals surface area contributed by atoms with Crippen LogP contribution in [-0.4, -0.2) is 27.4 Å². The van der Waals surface area contributed by atoms with Crippen LogP contribution in [0.4, 0.5) is 0 Å². The Hall–Kier alpha value is -0.803. The first-order chi connectivity index (χ1) is 7.41. The molecule has 2 nitrogen and oxygen atoms in total. The van der Waals surface area contributed by atoms with Gasteiger partial charge in [0.15, 0.2) is 5.60 Å². The molecule has 1 rings (SSSR count). The zero-order valence-electron chi connectivity index (χ0n) is 10.7. The maximum Gasteiger partial charge on any atom is 0.154 e. The predicted molar refractivity (Wildman–Crippen MR) is 71.1 cm³/mol. The average Bonchev–Trinajstić information content (AvgIpc) is 2.47. The lowest BCUT2D eigenvalue weighted by Crippen LogP contribution is -2.32. The molecule has 0 amide bonds. The monoisotopic (exact) mass is 238 g/mol. The molecular formula is C13H22O2Si. The van der Waals surface area contributed by atoms with Gasteiger partial charge in [0, 0.05) is 13.5 Å². The molecule has 90 valence electrons. The highest BCUT2D eigenvalue weighted by Gasteiger charge is 2.33. The van der Waals surface area contributed by atoms with Gasteiger partial charge in [0.25, 0.3) is 0 Å². The summed E-state index contributed by atoms with van der Waals surface area (Å²) in [5.74, 6) is 0.984. The summed E-state index contributed by atoms with van der Waals surface area (Å²) in [5, 5.41) is 0. The summed E-state index contributed by atoms with van der Waals surface area (Å²) in [6, 6.07) is 0. The molecule has 0 aliphatic carbocycles. The van der Waals surface area contributed by atoms with E-state index in [0.29, 0.717) is 6.61 Å². The molecule has 0 saturated heterocycles. The molecule has 0 spiro atoms. The first-order valence-electron chi connectivity index (χ1n) is 5.62. The van der Waals surface area contributed by atoms with Gasteiger partial charge in [-0.2, -0.15) is 0 Å². The van der Waals surface area contributed by atoms with Gasteiger partial charge in [0.2, 0.25) is 0 Å². The Kier molecular flexibility index (Phi) is 4.16. The van der Waals surface area contributed by atoms with Gasteiger partial charge in [-0.3, -0.25) is 0 Å². The summed E-state index contributed by atoms with van der Waals surface area (Å²) in [7, 11) is 0.461. The Labute approximate surface area is 99.7 Å². The van der Waals surface area contributed by atoms with Gasteiger partial charge < -0.3 is 9.47 Å². The lowest BCUT2D eigenvalue weighted by Gasteiger charge is -2.26. The van der Waals surface area contributed by atoms with Crippen LogP contribution in [0.15, 0.2) is 36.3 Å². The summed E-state index contributed by atoms with van der Waals surface area (Å²) in [6.07, 6.45) is 6.80. The van der Waals surface area contributed by atoms with E-state index in [4.69, 9.17) is 9.47 Å². The SMILES string of the molecule is C=CCC1(COC)C=C/C(=C\[Si](C)(C)C)O1. The number of methoxy groups -OCH3 is 1. The summed E-state index contributed by atoms with van der Waals surface area (Å²) in [6.45, 7) is 11.2. The molecule has 0 radical (unpaired) electrons. The fourth-order valence-electron chi connectivity index (χ4n) is 1.78. The smallest absolute Gasteiger partial charge is 0.154 e. The summed E-state index contributed by atoms with van der Waals surface area (Å²) in [4.78, 5) is 0. The highest BCUT2D eigenvalue weighted by Crippen LogP contribution is 2.30. The lowest BCUT2D eigenvalue weighted by molar-refractivity contribution is -0.00288. The maximum atomic E-state index is 5.99. The number of ether oxygens (including phenoxy) is 2. The number of hydrogen-bond acceptors (Lipinski definition) is 2. The zero-order valence-corrected chi connectivity index (χ0v) is 11.7. The van der Waals surface area contributed by atoms with E-state index in [1.165, 1.54) is 0 Å². The van der Waals surface area contributed by atoms with E-state index in [-0.39, 0.29) is 5.60 Å². The maximum absolute atomic E-state index is 5.99. The van der Waals surface area contributed by atoms with E-state index in [9.17, 15) is 0 Å². The molecule has 1 aliphatic heterocycles. The molecule has 0 saturated carbocycles. The minimum atomic E-state index is -1.24. The van der Waals surface area contributed by atoms with E-state index < -0.39 is 8.07 Å². The number of rotatable bonds is 5. The molecule has 1 unspecified atom stereocenters. The lowest BCUT2D eigenvalue weighted by atomic mass is 10.0. The third-order valence-electron chi connectivity index (χ3n) is 2.33. The van der Waals surface area contributed by atoms with E-state index in [2.05, 4.69) is 44.1 Å². The Morgan fingerprint density at radius 2 is 2.19 bits per heavy atom. The van der Waals surface area contributed by atoms with Crippen LogP contribution in [0.2, 0.25) is 19.6 Å². The third kappa shape index (κ3) is 3.65. The Morgan fingerprint density at radius 1 is 1.50 bits per heavy atom. The first kappa shape index (κ1) is 13.3. The quantitative estimate of drug-likeness (QED) is 0.540. The van der Waals surface area contributed by atoms with Crippen LogP contribution in [-0.2, 0) is 9.47 Å². The summed E-state index contributed by atoms with van der Waals surface area (Å²) < 4.78 is 11.2. The van der Waals surface area contributed by atoms with Crippen LogP contribution >= 0.6 is 0 Å². The molecule has 0 N–H and O–H groups in total. The van der Waals surface area contributed by atoms with Crippen molar-refractivity contribution in [2.75, 3.05) is 13.7 Å². The van der Waals surface area contributed by atoms with E-state index >= 15 is 0 Å². The van der Waals surface area contributed by atoms with Gasteiger partial charge in [-0.1, -0.05) is 31.4 Å². The van der Waals surface area contributed by atoms with Crippen molar-refractivity contribution in [3.8, 4) is 0 Å². The summed E-state index contributed by atoms with van der Waals surface area (Å²) in [5.41, 5.74) is 1.94. The van der Waals surface area contributed by atoms with Crippen molar-refractivity contribution in [1.82, 2.24) is 0 Å². The molecule has 0 aromatic heterocycles. The van der Waals surface area contributed by atoms with E-state index in [1.54, 1.807) is 7.11 Å². The Balaban J connectivity index is 2.79. The number of allylic oxidation sites excluding steroid dienone is 1. The predicted octanol–water partition coefficient (Wildman–Crippen LogP) is 3.30.